The van der Waals surface area contributed by atoms with Crippen LogP contribution in [-0.2, 0) is 0 Å². The molecule has 2 rings (SSSR count). The van der Waals surface area contributed by atoms with Gasteiger partial charge in [0, 0.05) is 6.04 Å². The number of nitrogen functional groups attached to an aromatic ring is 1. The predicted molar refractivity (Wildman–Crippen MR) is 80.5 cm³/mol. The molecule has 1 aliphatic rings. The molecule has 3 unspecified atom stereocenters. The van der Waals surface area contributed by atoms with Gasteiger partial charge in [0.15, 0.2) is 0 Å². The van der Waals surface area contributed by atoms with Gasteiger partial charge in [0.2, 0.25) is 0 Å². The van der Waals surface area contributed by atoms with Crippen LogP contribution in [0.3, 0.4) is 0 Å². The van der Waals surface area contributed by atoms with Gasteiger partial charge in [-0.3, -0.25) is 0 Å². The Hall–Kier alpha value is -0.600. The second-order valence-electron chi connectivity index (χ2n) is 5.37. The van der Waals surface area contributed by atoms with Crippen LogP contribution in [0.5, 0.6) is 0 Å². The minimum Gasteiger partial charge on any atom is -0.397 e. The van der Waals surface area contributed by atoms with Gasteiger partial charge in [0.1, 0.15) is 0 Å². The van der Waals surface area contributed by atoms with Gasteiger partial charge in [-0.05, 0) is 30.4 Å². The summed E-state index contributed by atoms with van der Waals surface area (Å²) in [4.78, 5) is 0. The summed E-state index contributed by atoms with van der Waals surface area (Å²) in [6.07, 6.45) is 3.77. The second-order valence-corrected chi connectivity index (χ2v) is 6.19. The number of rotatable bonds is 2. The molecule has 0 saturated heterocycles. The molecule has 3 atom stereocenters. The molecule has 18 heavy (non-hydrogen) atoms. The highest BCUT2D eigenvalue weighted by molar-refractivity contribution is 6.42. The number of nitrogens with two attached hydrogens (primary N) is 1. The molecular formula is C14H20Cl2N2. The normalized spacial score (nSPS) is 28.1. The van der Waals surface area contributed by atoms with Crippen LogP contribution in [0.4, 0.5) is 11.4 Å². The fourth-order valence-corrected chi connectivity index (χ4v) is 3.01. The Kier molecular flexibility index (Phi) is 4.29. The quantitative estimate of drug-likeness (QED) is 0.766. The van der Waals surface area contributed by atoms with Crippen LogP contribution in [0.1, 0.15) is 33.1 Å². The lowest BCUT2D eigenvalue weighted by atomic mass is 9.78. The maximum absolute atomic E-state index is 6.04. The summed E-state index contributed by atoms with van der Waals surface area (Å²) in [5.41, 5.74) is 7.54. The summed E-state index contributed by atoms with van der Waals surface area (Å²) in [6, 6.07) is 4.00. The molecule has 0 radical (unpaired) electrons. The maximum atomic E-state index is 6.04. The second kappa shape index (κ2) is 5.58. The van der Waals surface area contributed by atoms with Crippen molar-refractivity contribution in [2.24, 2.45) is 11.8 Å². The Balaban J connectivity index is 2.16. The molecule has 1 aromatic carbocycles. The van der Waals surface area contributed by atoms with Crippen molar-refractivity contribution < 1.29 is 0 Å². The van der Waals surface area contributed by atoms with Crippen molar-refractivity contribution in [3.63, 3.8) is 0 Å². The molecule has 1 saturated carbocycles. The van der Waals surface area contributed by atoms with Gasteiger partial charge in [0.05, 0.1) is 21.4 Å². The van der Waals surface area contributed by atoms with E-state index in [0.717, 1.165) is 11.6 Å². The van der Waals surface area contributed by atoms with Crippen LogP contribution in [0.2, 0.25) is 10.0 Å². The van der Waals surface area contributed by atoms with E-state index in [9.17, 15) is 0 Å². The third kappa shape index (κ3) is 2.86. The molecular weight excluding hydrogens is 267 g/mol. The van der Waals surface area contributed by atoms with Crippen molar-refractivity contribution in [3.8, 4) is 0 Å². The molecule has 1 fully saturated rings. The van der Waals surface area contributed by atoms with Gasteiger partial charge in [-0.15, -0.1) is 0 Å². The van der Waals surface area contributed by atoms with Gasteiger partial charge in [-0.2, -0.15) is 0 Å². The first-order valence-electron chi connectivity index (χ1n) is 6.50. The number of hydrogen-bond donors (Lipinski definition) is 2. The largest absolute Gasteiger partial charge is 0.397 e. The van der Waals surface area contributed by atoms with Crippen molar-refractivity contribution in [2.45, 2.75) is 39.2 Å². The Bertz CT molecular complexity index is 434. The molecule has 0 aromatic heterocycles. The lowest BCUT2D eigenvalue weighted by molar-refractivity contribution is 0.253. The number of benzene rings is 1. The summed E-state index contributed by atoms with van der Waals surface area (Å²) in [6.45, 7) is 4.62. The highest BCUT2D eigenvalue weighted by Crippen LogP contribution is 2.35. The highest BCUT2D eigenvalue weighted by atomic mass is 35.5. The Morgan fingerprint density at radius 2 is 1.83 bits per heavy atom. The number of anilines is 2. The van der Waals surface area contributed by atoms with Gasteiger partial charge in [-0.1, -0.05) is 49.9 Å². The van der Waals surface area contributed by atoms with Crippen molar-refractivity contribution in [1.82, 2.24) is 0 Å². The Labute approximate surface area is 119 Å². The van der Waals surface area contributed by atoms with E-state index in [2.05, 4.69) is 19.2 Å². The zero-order chi connectivity index (χ0) is 13.3. The minimum atomic E-state index is 0.466. The standard InChI is InChI=1S/C14H20Cl2N2/c1-8-4-3-5-13(9(8)2)18-14-7-11(16)10(15)6-12(14)17/h6-9,13,18H,3-5,17H2,1-2H3. The van der Waals surface area contributed by atoms with Crippen LogP contribution in [0, 0.1) is 11.8 Å². The van der Waals surface area contributed by atoms with Crippen molar-refractivity contribution in [1.29, 1.82) is 0 Å². The Morgan fingerprint density at radius 3 is 2.56 bits per heavy atom. The van der Waals surface area contributed by atoms with E-state index in [1.54, 1.807) is 6.07 Å². The summed E-state index contributed by atoms with van der Waals surface area (Å²) in [5.74, 6) is 1.40. The van der Waals surface area contributed by atoms with E-state index in [4.69, 9.17) is 28.9 Å². The topological polar surface area (TPSA) is 38.0 Å². The molecule has 2 nitrogen and oxygen atoms in total. The monoisotopic (exact) mass is 286 g/mol. The van der Waals surface area contributed by atoms with E-state index in [0.29, 0.717) is 27.7 Å². The van der Waals surface area contributed by atoms with E-state index < -0.39 is 0 Å². The van der Waals surface area contributed by atoms with E-state index in [-0.39, 0.29) is 0 Å². The molecule has 0 bridgehead atoms. The first-order valence-corrected chi connectivity index (χ1v) is 7.25. The third-order valence-corrected chi connectivity index (χ3v) is 4.86. The summed E-state index contributed by atoms with van der Waals surface area (Å²) in [5, 5.41) is 4.58. The van der Waals surface area contributed by atoms with Gasteiger partial charge in [-0.25, -0.2) is 0 Å². The SMILES string of the molecule is CC1CCCC(Nc2cc(Cl)c(Cl)cc2N)C1C. The van der Waals surface area contributed by atoms with Crippen LogP contribution in [0.15, 0.2) is 12.1 Å². The zero-order valence-corrected chi connectivity index (χ0v) is 12.4. The number of nitrogens with one attached hydrogen (secondary N) is 1. The van der Waals surface area contributed by atoms with Gasteiger partial charge >= 0.3 is 0 Å². The van der Waals surface area contributed by atoms with Crippen molar-refractivity contribution in [3.05, 3.63) is 22.2 Å². The van der Waals surface area contributed by atoms with E-state index in [1.807, 2.05) is 6.07 Å². The third-order valence-electron chi connectivity index (χ3n) is 4.14. The van der Waals surface area contributed by atoms with Gasteiger partial charge < -0.3 is 11.1 Å². The predicted octanol–water partition coefficient (Wildman–Crippen LogP) is 4.81. The average Bonchev–Trinajstić information content (AvgIpc) is 2.32. The van der Waals surface area contributed by atoms with E-state index in [1.165, 1.54) is 19.3 Å². The lowest BCUT2D eigenvalue weighted by Gasteiger charge is -2.35. The van der Waals surface area contributed by atoms with Crippen molar-refractivity contribution in [2.75, 3.05) is 11.1 Å². The fraction of sp³-hybridized carbons (Fsp3) is 0.571. The molecule has 4 heteroatoms. The zero-order valence-electron chi connectivity index (χ0n) is 10.8. The molecule has 0 spiro atoms. The summed E-state index contributed by atoms with van der Waals surface area (Å²) < 4.78 is 0. The lowest BCUT2D eigenvalue weighted by Crippen LogP contribution is -2.35. The molecule has 100 valence electrons. The maximum Gasteiger partial charge on any atom is 0.0614 e. The molecule has 0 aliphatic heterocycles. The molecule has 1 aromatic rings. The minimum absolute atomic E-state index is 0.466. The Morgan fingerprint density at radius 1 is 1.17 bits per heavy atom. The molecule has 3 N–H and O–H groups in total. The first kappa shape index (κ1) is 13.8. The molecule has 0 amide bonds. The van der Waals surface area contributed by atoms with Crippen LogP contribution in [-0.4, -0.2) is 6.04 Å². The number of hydrogen-bond acceptors (Lipinski definition) is 2. The van der Waals surface area contributed by atoms with Gasteiger partial charge in [0.25, 0.3) is 0 Å². The molecule has 1 aliphatic carbocycles. The van der Waals surface area contributed by atoms with Crippen LogP contribution < -0.4 is 11.1 Å². The first-order chi connectivity index (χ1) is 8.49. The molecule has 0 heterocycles. The van der Waals surface area contributed by atoms with Crippen molar-refractivity contribution >= 4 is 34.6 Å². The van der Waals surface area contributed by atoms with Crippen LogP contribution >= 0.6 is 23.2 Å². The fourth-order valence-electron chi connectivity index (χ4n) is 2.67. The summed E-state index contributed by atoms with van der Waals surface area (Å²) in [7, 11) is 0. The smallest absolute Gasteiger partial charge is 0.0614 e. The van der Waals surface area contributed by atoms with E-state index >= 15 is 0 Å². The number of halogens is 2. The highest BCUT2D eigenvalue weighted by Gasteiger charge is 2.27. The van der Waals surface area contributed by atoms with Crippen LogP contribution in [0.25, 0.3) is 0 Å². The summed E-state index contributed by atoms with van der Waals surface area (Å²) >= 11 is 12.0. The average molecular weight is 287 g/mol.